The average Bonchev–Trinajstić information content (AvgIpc) is 2.17. The van der Waals surface area contributed by atoms with Crippen LogP contribution >= 0.6 is 0 Å². The zero-order valence-corrected chi connectivity index (χ0v) is 10.4. The van der Waals surface area contributed by atoms with E-state index in [0.29, 0.717) is 5.78 Å². The Balaban J connectivity index is 3.19. The molecule has 2 N–H and O–H groups in total. The molecule has 0 rings (SSSR count). The van der Waals surface area contributed by atoms with E-state index < -0.39 is 0 Å². The predicted molar refractivity (Wildman–Crippen MR) is 65.8 cm³/mol. The van der Waals surface area contributed by atoms with Gasteiger partial charge >= 0.3 is 0 Å². The van der Waals surface area contributed by atoms with Crippen LogP contribution in [0.1, 0.15) is 65.2 Å². The molecule has 0 aromatic carbocycles. The van der Waals surface area contributed by atoms with Crippen LogP contribution in [0.15, 0.2) is 0 Å². The Morgan fingerprint density at radius 1 is 1.00 bits per heavy atom. The molecule has 0 aliphatic carbocycles. The number of rotatable bonds is 10. The summed E-state index contributed by atoms with van der Waals surface area (Å²) in [5.74, 6) is 1.17. The molecule has 0 atom stereocenters. The van der Waals surface area contributed by atoms with Gasteiger partial charge < -0.3 is 5.73 Å². The van der Waals surface area contributed by atoms with E-state index in [4.69, 9.17) is 5.73 Å². The standard InChI is InChI=1S/C13H27NO/c1-12(2)8-7-10-13(15)9-5-3-4-6-11-14/h12H,3-11,14H2,1-2H3. The van der Waals surface area contributed by atoms with Gasteiger partial charge in [-0.05, 0) is 31.7 Å². The van der Waals surface area contributed by atoms with Crippen molar-refractivity contribution in [2.24, 2.45) is 11.7 Å². The van der Waals surface area contributed by atoms with Crippen LogP contribution in [0.25, 0.3) is 0 Å². The summed E-state index contributed by atoms with van der Waals surface area (Å²) in [7, 11) is 0. The smallest absolute Gasteiger partial charge is 0.132 e. The average molecular weight is 213 g/mol. The molecular formula is C13H27NO. The summed E-state index contributed by atoms with van der Waals surface area (Å²) in [5, 5.41) is 0. The normalized spacial score (nSPS) is 10.9. The lowest BCUT2D eigenvalue weighted by molar-refractivity contribution is -0.119. The van der Waals surface area contributed by atoms with Gasteiger partial charge in [0.2, 0.25) is 0 Å². The van der Waals surface area contributed by atoms with E-state index in [1.54, 1.807) is 0 Å². The Bertz CT molecular complexity index is 155. The minimum Gasteiger partial charge on any atom is -0.330 e. The van der Waals surface area contributed by atoms with E-state index >= 15 is 0 Å². The first-order valence-corrected chi connectivity index (χ1v) is 6.38. The van der Waals surface area contributed by atoms with Gasteiger partial charge in [0.15, 0.2) is 0 Å². The van der Waals surface area contributed by atoms with Crippen molar-refractivity contribution < 1.29 is 4.79 Å². The molecule has 0 saturated carbocycles. The van der Waals surface area contributed by atoms with Gasteiger partial charge in [-0.25, -0.2) is 0 Å². The summed E-state index contributed by atoms with van der Waals surface area (Å²) >= 11 is 0. The maximum absolute atomic E-state index is 11.4. The van der Waals surface area contributed by atoms with Gasteiger partial charge in [0.05, 0.1) is 0 Å². The Morgan fingerprint density at radius 2 is 1.60 bits per heavy atom. The molecule has 90 valence electrons. The highest BCUT2D eigenvalue weighted by atomic mass is 16.1. The second-order valence-electron chi connectivity index (χ2n) is 4.78. The van der Waals surface area contributed by atoms with Crippen molar-refractivity contribution in [1.82, 2.24) is 0 Å². The van der Waals surface area contributed by atoms with Crippen LogP contribution in [-0.2, 0) is 4.79 Å². The predicted octanol–water partition coefficient (Wildman–Crippen LogP) is 3.29. The number of nitrogens with two attached hydrogens (primary N) is 1. The van der Waals surface area contributed by atoms with Gasteiger partial charge in [0, 0.05) is 12.8 Å². The van der Waals surface area contributed by atoms with Crippen molar-refractivity contribution in [3.8, 4) is 0 Å². The summed E-state index contributed by atoms with van der Waals surface area (Å²) < 4.78 is 0. The first-order valence-electron chi connectivity index (χ1n) is 6.38. The third-order valence-corrected chi connectivity index (χ3v) is 2.65. The molecule has 0 bridgehead atoms. The van der Waals surface area contributed by atoms with E-state index in [1.807, 2.05) is 0 Å². The molecule has 2 heteroatoms. The van der Waals surface area contributed by atoms with E-state index in [2.05, 4.69) is 13.8 Å². The molecular weight excluding hydrogens is 186 g/mol. The maximum Gasteiger partial charge on any atom is 0.132 e. The Morgan fingerprint density at radius 3 is 2.20 bits per heavy atom. The molecule has 0 fully saturated rings. The van der Waals surface area contributed by atoms with E-state index in [1.165, 1.54) is 12.8 Å². The van der Waals surface area contributed by atoms with E-state index in [-0.39, 0.29) is 0 Å². The first-order chi connectivity index (χ1) is 7.16. The quantitative estimate of drug-likeness (QED) is 0.566. The number of hydrogen-bond acceptors (Lipinski definition) is 2. The molecule has 0 saturated heterocycles. The van der Waals surface area contributed by atoms with Crippen molar-refractivity contribution in [1.29, 1.82) is 0 Å². The summed E-state index contributed by atoms with van der Waals surface area (Å²) in [6.45, 7) is 5.19. The molecule has 0 radical (unpaired) electrons. The van der Waals surface area contributed by atoms with Crippen molar-refractivity contribution in [2.45, 2.75) is 65.2 Å². The van der Waals surface area contributed by atoms with Crippen LogP contribution in [0.5, 0.6) is 0 Å². The van der Waals surface area contributed by atoms with Crippen LogP contribution in [-0.4, -0.2) is 12.3 Å². The number of carbonyl (C=O) groups is 1. The first kappa shape index (κ1) is 14.6. The van der Waals surface area contributed by atoms with Gasteiger partial charge in [-0.1, -0.05) is 33.1 Å². The summed E-state index contributed by atoms with van der Waals surface area (Å²) in [6, 6.07) is 0. The number of Topliss-reactive ketones (excluding diaryl/α,β-unsaturated/α-hetero) is 1. The molecule has 0 unspecified atom stereocenters. The number of unbranched alkanes of at least 4 members (excludes halogenated alkanes) is 3. The minimum atomic E-state index is 0.448. The lowest BCUT2D eigenvalue weighted by Crippen LogP contribution is -2.00. The summed E-state index contributed by atoms with van der Waals surface area (Å²) in [4.78, 5) is 11.4. The Kier molecular flexibility index (Phi) is 9.91. The molecule has 0 aliphatic heterocycles. The van der Waals surface area contributed by atoms with E-state index in [9.17, 15) is 4.79 Å². The molecule has 0 heterocycles. The van der Waals surface area contributed by atoms with Crippen LogP contribution in [0, 0.1) is 5.92 Å². The second kappa shape index (κ2) is 10.2. The molecule has 0 aromatic rings. The lowest BCUT2D eigenvalue weighted by atomic mass is 10.0. The molecule has 0 amide bonds. The highest BCUT2D eigenvalue weighted by molar-refractivity contribution is 5.78. The fraction of sp³-hybridized carbons (Fsp3) is 0.923. The molecule has 0 aromatic heterocycles. The van der Waals surface area contributed by atoms with Crippen LogP contribution in [0.4, 0.5) is 0 Å². The topological polar surface area (TPSA) is 43.1 Å². The van der Waals surface area contributed by atoms with Gasteiger partial charge in [-0.2, -0.15) is 0 Å². The SMILES string of the molecule is CC(C)CCCC(=O)CCCCCCN. The molecule has 0 aliphatic rings. The zero-order chi connectivity index (χ0) is 11.5. The number of ketones is 1. The number of carbonyl (C=O) groups excluding carboxylic acids is 1. The van der Waals surface area contributed by atoms with Gasteiger partial charge in [-0.15, -0.1) is 0 Å². The molecule has 15 heavy (non-hydrogen) atoms. The minimum absolute atomic E-state index is 0.448. The highest BCUT2D eigenvalue weighted by Gasteiger charge is 2.02. The molecule has 2 nitrogen and oxygen atoms in total. The summed E-state index contributed by atoms with van der Waals surface area (Å²) in [5.41, 5.74) is 5.40. The number of hydrogen-bond donors (Lipinski definition) is 1. The fourth-order valence-corrected chi connectivity index (χ4v) is 1.65. The van der Waals surface area contributed by atoms with Crippen molar-refractivity contribution in [2.75, 3.05) is 6.54 Å². The molecule has 0 spiro atoms. The second-order valence-corrected chi connectivity index (χ2v) is 4.78. The Labute approximate surface area is 94.6 Å². The lowest BCUT2D eigenvalue weighted by Gasteiger charge is -2.03. The van der Waals surface area contributed by atoms with Crippen LogP contribution in [0.2, 0.25) is 0 Å². The summed E-state index contributed by atoms with van der Waals surface area (Å²) in [6.07, 6.45) is 8.31. The third kappa shape index (κ3) is 11.6. The van der Waals surface area contributed by atoms with Gasteiger partial charge in [0.1, 0.15) is 5.78 Å². The Hall–Kier alpha value is -0.370. The maximum atomic E-state index is 11.4. The monoisotopic (exact) mass is 213 g/mol. The van der Waals surface area contributed by atoms with Crippen LogP contribution < -0.4 is 5.73 Å². The highest BCUT2D eigenvalue weighted by Crippen LogP contribution is 2.10. The van der Waals surface area contributed by atoms with Crippen molar-refractivity contribution >= 4 is 5.78 Å². The van der Waals surface area contributed by atoms with Gasteiger partial charge in [0.25, 0.3) is 0 Å². The van der Waals surface area contributed by atoms with Crippen LogP contribution in [0.3, 0.4) is 0 Å². The third-order valence-electron chi connectivity index (χ3n) is 2.65. The zero-order valence-electron chi connectivity index (χ0n) is 10.4. The fourth-order valence-electron chi connectivity index (χ4n) is 1.65. The van der Waals surface area contributed by atoms with Crippen molar-refractivity contribution in [3.05, 3.63) is 0 Å². The van der Waals surface area contributed by atoms with E-state index in [0.717, 1.165) is 51.0 Å². The largest absolute Gasteiger partial charge is 0.330 e. The van der Waals surface area contributed by atoms with Crippen molar-refractivity contribution in [3.63, 3.8) is 0 Å². The van der Waals surface area contributed by atoms with Gasteiger partial charge in [-0.3, -0.25) is 4.79 Å².